The Bertz CT molecular complexity index is 973. The van der Waals surface area contributed by atoms with Crippen molar-refractivity contribution >= 4 is 11.9 Å². The summed E-state index contributed by atoms with van der Waals surface area (Å²) in [6, 6.07) is 5.90. The van der Waals surface area contributed by atoms with Crippen molar-refractivity contribution in [2.45, 2.75) is 51.6 Å². The second-order valence-corrected chi connectivity index (χ2v) is 7.35. The number of carboxylic acids is 1. The van der Waals surface area contributed by atoms with Crippen LogP contribution in [0.5, 0.6) is 11.5 Å². The largest absolute Gasteiger partial charge is 0.508 e. The van der Waals surface area contributed by atoms with Crippen LogP contribution in [0.2, 0.25) is 0 Å². The van der Waals surface area contributed by atoms with Gasteiger partial charge in [-0.25, -0.2) is 9.59 Å². The molecule has 2 atom stereocenters. The summed E-state index contributed by atoms with van der Waals surface area (Å²) in [6.45, 7) is 4.00. The lowest BCUT2D eigenvalue weighted by molar-refractivity contribution is 0.0598. The average Bonchev–Trinajstić information content (AvgIpc) is 3.30. The molecule has 8 nitrogen and oxygen atoms in total. The van der Waals surface area contributed by atoms with E-state index in [1.165, 1.54) is 25.3 Å². The molecule has 0 aromatic heterocycles. The Hall–Kier alpha value is -3.10. The van der Waals surface area contributed by atoms with Gasteiger partial charge in [-0.05, 0) is 72.2 Å². The van der Waals surface area contributed by atoms with Gasteiger partial charge < -0.3 is 31.5 Å². The molecule has 2 aromatic rings. The number of esters is 1. The summed E-state index contributed by atoms with van der Waals surface area (Å²) in [5, 5.41) is 27.9. The van der Waals surface area contributed by atoms with Gasteiger partial charge in [-0.2, -0.15) is 0 Å². The Labute approximate surface area is 181 Å². The second-order valence-electron chi connectivity index (χ2n) is 7.35. The maximum atomic E-state index is 11.5. The molecule has 2 aliphatic carbocycles. The van der Waals surface area contributed by atoms with Crippen LogP contribution in [-0.4, -0.2) is 46.5 Å². The highest BCUT2D eigenvalue weighted by atomic mass is 16.5. The Kier molecular flexibility index (Phi) is 8.01. The number of carboxylic acid groups (broad SMARTS) is 1. The molecule has 0 fully saturated rings. The number of nitrogens with two attached hydrogens (primary N) is 2. The molecule has 7 N–H and O–H groups in total. The van der Waals surface area contributed by atoms with Gasteiger partial charge in [0.15, 0.2) is 0 Å². The SMILES string of the molecule is CC.COC(=O)c1cc(O)cc2c1CC(N)C2.NC1Cc2c(O)ccc(C(=O)O)c2C1. The molecule has 0 radical (unpaired) electrons. The number of fused-ring (bicyclic) bond motifs is 2. The van der Waals surface area contributed by atoms with E-state index in [0.717, 1.165) is 11.1 Å². The highest BCUT2D eigenvalue weighted by molar-refractivity contribution is 5.92. The van der Waals surface area contributed by atoms with Crippen LogP contribution in [0, 0.1) is 0 Å². The van der Waals surface area contributed by atoms with Gasteiger partial charge in [0, 0.05) is 12.1 Å². The maximum Gasteiger partial charge on any atom is 0.338 e. The summed E-state index contributed by atoms with van der Waals surface area (Å²) in [4.78, 5) is 22.3. The minimum Gasteiger partial charge on any atom is -0.508 e. The third-order valence-electron chi connectivity index (χ3n) is 5.25. The van der Waals surface area contributed by atoms with Crippen LogP contribution in [0.15, 0.2) is 24.3 Å². The molecule has 0 saturated carbocycles. The number of aromatic hydroxyl groups is 2. The summed E-state index contributed by atoms with van der Waals surface area (Å²) < 4.78 is 4.66. The highest BCUT2D eigenvalue weighted by Crippen LogP contribution is 2.32. The molecule has 0 spiro atoms. The van der Waals surface area contributed by atoms with Gasteiger partial charge in [-0.3, -0.25) is 0 Å². The minimum atomic E-state index is -0.963. The summed E-state index contributed by atoms with van der Waals surface area (Å²) in [6.07, 6.45) is 2.46. The van der Waals surface area contributed by atoms with E-state index < -0.39 is 11.9 Å². The fraction of sp³-hybridized carbons (Fsp3) is 0.391. The molecule has 2 aliphatic rings. The van der Waals surface area contributed by atoms with Crippen molar-refractivity contribution in [3.05, 3.63) is 57.6 Å². The van der Waals surface area contributed by atoms with E-state index in [-0.39, 0.29) is 29.1 Å². The summed E-state index contributed by atoms with van der Waals surface area (Å²) in [7, 11) is 1.33. The minimum absolute atomic E-state index is 0.0326. The number of ether oxygens (including phenoxy) is 1. The van der Waals surface area contributed by atoms with Crippen molar-refractivity contribution in [2.75, 3.05) is 7.11 Å². The van der Waals surface area contributed by atoms with E-state index >= 15 is 0 Å². The lowest BCUT2D eigenvalue weighted by Gasteiger charge is -2.07. The molecule has 2 unspecified atom stereocenters. The van der Waals surface area contributed by atoms with Crippen molar-refractivity contribution in [1.29, 1.82) is 0 Å². The highest BCUT2D eigenvalue weighted by Gasteiger charge is 2.26. The molecule has 0 amide bonds. The molecule has 0 bridgehead atoms. The number of methoxy groups -OCH3 is 1. The van der Waals surface area contributed by atoms with Crippen LogP contribution in [0.3, 0.4) is 0 Å². The first-order valence-electron chi connectivity index (χ1n) is 10.2. The van der Waals surface area contributed by atoms with E-state index in [1.807, 2.05) is 13.8 Å². The van der Waals surface area contributed by atoms with Crippen LogP contribution >= 0.6 is 0 Å². The van der Waals surface area contributed by atoms with E-state index in [2.05, 4.69) is 4.74 Å². The van der Waals surface area contributed by atoms with Crippen molar-refractivity contribution in [3.8, 4) is 11.5 Å². The standard InChI is InChI=1S/C11H13NO3.C10H11NO3.C2H6/c1-15-11(14)10-5-8(13)3-6-2-7(12)4-9(6)10;11-5-3-7-6(10(13)14)1-2-9(12)8(7)4-5;1-2/h3,5,7,13H,2,4,12H2,1H3;1-2,5,12H,3-4,11H2,(H,13,14);1-2H3. The third kappa shape index (κ3) is 5.34. The second kappa shape index (κ2) is 10.3. The number of carbonyl (C=O) groups excluding carboxylic acids is 1. The van der Waals surface area contributed by atoms with Gasteiger partial charge in [0.1, 0.15) is 11.5 Å². The van der Waals surface area contributed by atoms with Gasteiger partial charge in [0.2, 0.25) is 0 Å². The zero-order chi connectivity index (χ0) is 23.3. The predicted octanol–water partition coefficient (Wildman–Crippen LogP) is 2.15. The molecule has 8 heteroatoms. The lowest BCUT2D eigenvalue weighted by atomic mass is 10.0. The number of phenolic OH excluding ortho intramolecular Hbond substituents is 2. The zero-order valence-electron chi connectivity index (χ0n) is 18.0. The van der Waals surface area contributed by atoms with Crippen molar-refractivity contribution in [1.82, 2.24) is 0 Å². The number of rotatable bonds is 2. The summed E-state index contributed by atoms with van der Waals surface area (Å²) in [5.74, 6) is -1.15. The van der Waals surface area contributed by atoms with Gasteiger partial charge in [0.25, 0.3) is 0 Å². The molecular weight excluding hydrogens is 400 g/mol. The summed E-state index contributed by atoms with van der Waals surface area (Å²) in [5.41, 5.74) is 15.5. The number of hydrogen-bond acceptors (Lipinski definition) is 7. The van der Waals surface area contributed by atoms with Crippen LogP contribution in [-0.2, 0) is 30.4 Å². The number of benzene rings is 2. The number of hydrogen-bond donors (Lipinski definition) is 5. The Morgan fingerprint density at radius 3 is 2.10 bits per heavy atom. The molecule has 0 aliphatic heterocycles. The maximum absolute atomic E-state index is 11.5. The Morgan fingerprint density at radius 2 is 1.48 bits per heavy atom. The molecule has 4 rings (SSSR count). The van der Waals surface area contributed by atoms with Crippen LogP contribution in [0.4, 0.5) is 0 Å². The summed E-state index contributed by atoms with van der Waals surface area (Å²) >= 11 is 0. The molecule has 0 heterocycles. The number of aromatic carboxylic acids is 1. The molecular formula is C23H30N2O6. The van der Waals surface area contributed by atoms with Crippen molar-refractivity contribution in [3.63, 3.8) is 0 Å². The van der Waals surface area contributed by atoms with Gasteiger partial charge in [-0.15, -0.1) is 0 Å². The fourth-order valence-electron chi connectivity index (χ4n) is 3.99. The van der Waals surface area contributed by atoms with E-state index in [9.17, 15) is 19.8 Å². The Morgan fingerprint density at radius 1 is 0.903 bits per heavy atom. The predicted molar refractivity (Wildman–Crippen MR) is 117 cm³/mol. The van der Waals surface area contributed by atoms with Crippen molar-refractivity contribution < 1.29 is 29.6 Å². The topological polar surface area (TPSA) is 156 Å². The number of phenols is 2. The van der Waals surface area contributed by atoms with E-state index in [0.29, 0.717) is 42.4 Å². The first-order valence-corrected chi connectivity index (χ1v) is 10.2. The monoisotopic (exact) mass is 430 g/mol. The van der Waals surface area contributed by atoms with Gasteiger partial charge in [0.05, 0.1) is 18.2 Å². The van der Waals surface area contributed by atoms with Crippen LogP contribution < -0.4 is 11.5 Å². The smallest absolute Gasteiger partial charge is 0.338 e. The lowest BCUT2D eigenvalue weighted by Crippen LogP contribution is -2.19. The van der Waals surface area contributed by atoms with E-state index in [1.54, 1.807) is 6.07 Å². The third-order valence-corrected chi connectivity index (χ3v) is 5.25. The molecule has 0 saturated heterocycles. The normalized spacial score (nSPS) is 18.0. The van der Waals surface area contributed by atoms with Gasteiger partial charge >= 0.3 is 11.9 Å². The van der Waals surface area contributed by atoms with Crippen molar-refractivity contribution in [2.24, 2.45) is 11.5 Å². The zero-order valence-corrected chi connectivity index (χ0v) is 18.0. The average molecular weight is 431 g/mol. The number of carbonyl (C=O) groups is 2. The Balaban J connectivity index is 0.000000204. The van der Waals surface area contributed by atoms with Crippen LogP contribution in [0.1, 0.15) is 56.8 Å². The first-order chi connectivity index (χ1) is 14.7. The molecule has 168 valence electrons. The first kappa shape index (κ1) is 24.2. The van der Waals surface area contributed by atoms with Gasteiger partial charge in [-0.1, -0.05) is 13.8 Å². The van der Waals surface area contributed by atoms with Crippen LogP contribution in [0.25, 0.3) is 0 Å². The molecule has 31 heavy (non-hydrogen) atoms. The fourth-order valence-corrected chi connectivity index (χ4v) is 3.99. The quantitative estimate of drug-likeness (QED) is 0.454. The van der Waals surface area contributed by atoms with E-state index in [4.69, 9.17) is 16.6 Å². The molecule has 2 aromatic carbocycles.